The van der Waals surface area contributed by atoms with Crippen molar-refractivity contribution in [2.24, 2.45) is 0 Å². The number of anilines is 1. The molecule has 8 heteroatoms. The summed E-state index contributed by atoms with van der Waals surface area (Å²) in [5, 5.41) is 2.85. The maximum atomic E-state index is 12.9. The summed E-state index contributed by atoms with van der Waals surface area (Å²) in [5.74, 6) is 0.339. The molecule has 0 radical (unpaired) electrons. The summed E-state index contributed by atoms with van der Waals surface area (Å²) in [6.07, 6.45) is 1.57. The molecule has 0 aromatic heterocycles. The van der Waals surface area contributed by atoms with Crippen LogP contribution in [0.25, 0.3) is 0 Å². The fourth-order valence-corrected chi connectivity index (χ4v) is 5.49. The Labute approximate surface area is 177 Å². The van der Waals surface area contributed by atoms with Crippen molar-refractivity contribution in [3.8, 4) is 5.75 Å². The lowest BCUT2D eigenvalue weighted by molar-refractivity contribution is -0.135. The minimum absolute atomic E-state index is 0.00639. The Morgan fingerprint density at radius 3 is 2.80 bits per heavy atom. The molecule has 4 rings (SSSR count). The molecule has 0 bridgehead atoms. The van der Waals surface area contributed by atoms with E-state index in [2.05, 4.69) is 10.1 Å². The van der Waals surface area contributed by atoms with Crippen LogP contribution >= 0.6 is 11.8 Å². The summed E-state index contributed by atoms with van der Waals surface area (Å²) in [6.45, 7) is -0.945. The highest BCUT2D eigenvalue weighted by atomic mass is 32.2. The van der Waals surface area contributed by atoms with Crippen LogP contribution in [-0.2, 0) is 16.0 Å². The third kappa shape index (κ3) is 4.14. The standard InChI is InChI=1S/C22H22F2N2O3S/c1-22-10-9-19(27)26(22)17(13-30-22)20(28)25-16-7-8-18(29-21(23)24)15(12-16)11-14-5-3-2-4-6-14/h2-8,12,17,21H,9-11,13H2,1H3,(H,25,28)/t17-,22-/m1/s1. The number of ether oxygens (including phenoxy) is 1. The fourth-order valence-electron chi connectivity index (χ4n) is 4.06. The predicted molar refractivity (Wildman–Crippen MR) is 112 cm³/mol. The number of nitrogens with one attached hydrogen (secondary N) is 1. The van der Waals surface area contributed by atoms with Gasteiger partial charge in [-0.25, -0.2) is 0 Å². The van der Waals surface area contributed by atoms with E-state index in [9.17, 15) is 18.4 Å². The van der Waals surface area contributed by atoms with Gasteiger partial charge in [-0.05, 0) is 37.1 Å². The average Bonchev–Trinajstić information content (AvgIpc) is 3.20. The Morgan fingerprint density at radius 2 is 2.07 bits per heavy atom. The molecule has 2 saturated heterocycles. The topological polar surface area (TPSA) is 58.6 Å². The number of halogens is 2. The number of benzene rings is 2. The second kappa shape index (κ2) is 8.26. The highest BCUT2D eigenvalue weighted by Gasteiger charge is 2.52. The van der Waals surface area contributed by atoms with E-state index in [-0.39, 0.29) is 22.4 Å². The Morgan fingerprint density at radius 1 is 1.30 bits per heavy atom. The summed E-state index contributed by atoms with van der Waals surface area (Å²) in [4.78, 5) is 26.5. The van der Waals surface area contributed by atoms with Gasteiger partial charge in [0.25, 0.3) is 0 Å². The van der Waals surface area contributed by atoms with Crippen molar-refractivity contribution >= 4 is 29.3 Å². The van der Waals surface area contributed by atoms with Crippen LogP contribution in [0.15, 0.2) is 48.5 Å². The number of thioether (sulfide) groups is 1. The van der Waals surface area contributed by atoms with Crippen molar-refractivity contribution < 1.29 is 23.1 Å². The number of carbonyl (C=O) groups is 2. The smallest absolute Gasteiger partial charge is 0.387 e. The van der Waals surface area contributed by atoms with E-state index < -0.39 is 12.7 Å². The molecule has 30 heavy (non-hydrogen) atoms. The molecule has 2 aliphatic rings. The summed E-state index contributed by atoms with van der Waals surface area (Å²) < 4.78 is 30.3. The highest BCUT2D eigenvalue weighted by molar-refractivity contribution is 8.01. The number of nitrogens with zero attached hydrogens (tertiary/aromatic N) is 1. The Bertz CT molecular complexity index is 957. The SMILES string of the molecule is C[C@@]12CCC(=O)N1[C@@H](C(=O)Nc1ccc(OC(F)F)c(Cc3ccccc3)c1)CS2. The first kappa shape index (κ1) is 20.7. The van der Waals surface area contributed by atoms with E-state index in [4.69, 9.17) is 0 Å². The highest BCUT2D eigenvalue weighted by Crippen LogP contribution is 2.47. The molecular formula is C22H22F2N2O3S. The molecule has 2 aromatic carbocycles. The molecule has 2 atom stereocenters. The van der Waals surface area contributed by atoms with Crippen molar-refractivity contribution in [2.45, 2.75) is 43.7 Å². The zero-order valence-electron chi connectivity index (χ0n) is 16.4. The third-order valence-electron chi connectivity index (χ3n) is 5.53. The van der Waals surface area contributed by atoms with Gasteiger partial charge in [0.1, 0.15) is 11.8 Å². The molecule has 0 unspecified atom stereocenters. The molecule has 5 nitrogen and oxygen atoms in total. The Hall–Kier alpha value is -2.61. The fraction of sp³-hybridized carbons (Fsp3) is 0.364. The number of amides is 2. The van der Waals surface area contributed by atoms with Gasteiger partial charge in [0, 0.05) is 29.8 Å². The van der Waals surface area contributed by atoms with Crippen molar-refractivity contribution in [3.05, 3.63) is 59.7 Å². The third-order valence-corrected chi connectivity index (χ3v) is 7.03. The zero-order valence-corrected chi connectivity index (χ0v) is 17.3. The van der Waals surface area contributed by atoms with E-state index in [0.717, 1.165) is 12.0 Å². The van der Waals surface area contributed by atoms with E-state index in [1.165, 1.54) is 12.1 Å². The Kier molecular flexibility index (Phi) is 5.69. The van der Waals surface area contributed by atoms with Gasteiger partial charge in [0.2, 0.25) is 11.8 Å². The van der Waals surface area contributed by atoms with Crippen LogP contribution in [0, 0.1) is 0 Å². The predicted octanol–water partition coefficient (Wildman–Crippen LogP) is 4.27. The van der Waals surface area contributed by atoms with Crippen LogP contribution in [0.5, 0.6) is 5.75 Å². The largest absolute Gasteiger partial charge is 0.435 e. The van der Waals surface area contributed by atoms with Crippen LogP contribution in [0.2, 0.25) is 0 Å². The molecular weight excluding hydrogens is 410 g/mol. The molecule has 2 aromatic rings. The maximum absolute atomic E-state index is 12.9. The summed E-state index contributed by atoms with van der Waals surface area (Å²) in [6, 6.07) is 13.5. The van der Waals surface area contributed by atoms with Gasteiger partial charge in [0.05, 0.1) is 4.87 Å². The summed E-state index contributed by atoms with van der Waals surface area (Å²) in [7, 11) is 0. The quantitative estimate of drug-likeness (QED) is 0.741. The van der Waals surface area contributed by atoms with Gasteiger partial charge in [0.15, 0.2) is 0 Å². The molecule has 1 N–H and O–H groups in total. The second-order valence-corrected chi connectivity index (χ2v) is 9.12. The number of rotatable bonds is 6. The van der Waals surface area contributed by atoms with Crippen LogP contribution in [0.4, 0.5) is 14.5 Å². The maximum Gasteiger partial charge on any atom is 0.387 e. The summed E-state index contributed by atoms with van der Waals surface area (Å²) in [5.41, 5.74) is 1.96. The first-order valence-electron chi connectivity index (χ1n) is 9.74. The Balaban J connectivity index is 1.54. The lowest BCUT2D eigenvalue weighted by atomic mass is 10.0. The van der Waals surface area contributed by atoms with E-state index in [1.807, 2.05) is 37.3 Å². The van der Waals surface area contributed by atoms with Crippen molar-refractivity contribution in [1.29, 1.82) is 0 Å². The van der Waals surface area contributed by atoms with E-state index >= 15 is 0 Å². The molecule has 0 aliphatic carbocycles. The van der Waals surface area contributed by atoms with Crippen molar-refractivity contribution in [1.82, 2.24) is 4.90 Å². The van der Waals surface area contributed by atoms with Gasteiger partial charge >= 0.3 is 6.61 Å². The second-order valence-electron chi connectivity index (χ2n) is 7.62. The molecule has 2 amide bonds. The van der Waals surface area contributed by atoms with E-state index in [1.54, 1.807) is 22.7 Å². The number of hydrogen-bond acceptors (Lipinski definition) is 4. The van der Waals surface area contributed by atoms with Gasteiger partial charge in [-0.15, -0.1) is 11.8 Å². The van der Waals surface area contributed by atoms with Crippen molar-refractivity contribution in [3.63, 3.8) is 0 Å². The first-order valence-corrected chi connectivity index (χ1v) is 10.7. The number of fused-ring (bicyclic) bond motifs is 1. The summed E-state index contributed by atoms with van der Waals surface area (Å²) >= 11 is 1.62. The van der Waals surface area contributed by atoms with Crippen LogP contribution in [-0.4, -0.2) is 40.0 Å². The number of alkyl halides is 2. The first-order chi connectivity index (χ1) is 14.4. The molecule has 158 valence electrons. The van der Waals surface area contributed by atoms with E-state index in [0.29, 0.717) is 29.8 Å². The lowest BCUT2D eigenvalue weighted by Crippen LogP contribution is -2.48. The van der Waals surface area contributed by atoms with Crippen LogP contribution in [0.3, 0.4) is 0 Å². The minimum atomic E-state index is -2.94. The molecule has 0 saturated carbocycles. The van der Waals surface area contributed by atoms with Gasteiger partial charge in [-0.3, -0.25) is 9.59 Å². The van der Waals surface area contributed by atoms with Gasteiger partial charge < -0.3 is 15.0 Å². The average molecular weight is 432 g/mol. The van der Waals surface area contributed by atoms with Gasteiger partial charge in [-0.2, -0.15) is 8.78 Å². The molecule has 2 fully saturated rings. The molecule has 0 spiro atoms. The monoisotopic (exact) mass is 432 g/mol. The number of carbonyl (C=O) groups excluding carboxylic acids is 2. The number of hydrogen-bond donors (Lipinski definition) is 1. The normalized spacial score (nSPS) is 23.0. The minimum Gasteiger partial charge on any atom is -0.435 e. The van der Waals surface area contributed by atoms with Crippen molar-refractivity contribution in [2.75, 3.05) is 11.1 Å². The van der Waals surface area contributed by atoms with Crippen LogP contribution in [0.1, 0.15) is 30.9 Å². The van der Waals surface area contributed by atoms with Crippen LogP contribution < -0.4 is 10.1 Å². The molecule has 2 heterocycles. The lowest BCUT2D eigenvalue weighted by Gasteiger charge is -2.29. The van der Waals surface area contributed by atoms with Gasteiger partial charge in [-0.1, -0.05) is 30.3 Å². The molecule has 2 aliphatic heterocycles. The zero-order chi connectivity index (χ0) is 21.3.